The third-order valence-electron chi connectivity index (χ3n) is 1.65. The molecule has 1 aliphatic heterocycles. The van der Waals surface area contributed by atoms with E-state index < -0.39 is 0 Å². The van der Waals surface area contributed by atoms with Crippen molar-refractivity contribution in [3.05, 3.63) is 0 Å². The van der Waals surface area contributed by atoms with Crippen LogP contribution in [0.2, 0.25) is 0 Å². The lowest BCUT2D eigenvalue weighted by atomic mass is 10.1. The number of rotatable bonds is 2. The maximum Gasteiger partial charge on any atom is 0.107 e. The summed E-state index contributed by atoms with van der Waals surface area (Å²) in [6, 6.07) is 0. The molecule has 56 valence electrons. The van der Waals surface area contributed by atoms with E-state index in [1.54, 1.807) is 0 Å². The Morgan fingerprint density at radius 1 is 1.70 bits per heavy atom. The van der Waals surface area contributed by atoms with Crippen molar-refractivity contribution in [2.45, 2.75) is 18.9 Å². The molecule has 1 fully saturated rings. The Labute approximate surface area is 62.0 Å². The van der Waals surface area contributed by atoms with Gasteiger partial charge in [-0.15, -0.1) is 6.42 Å². The van der Waals surface area contributed by atoms with Crippen LogP contribution >= 0.6 is 0 Å². The van der Waals surface area contributed by atoms with Crippen LogP contribution in [0.5, 0.6) is 0 Å². The first kappa shape index (κ1) is 7.59. The molecule has 0 radical (unpaired) electrons. The summed E-state index contributed by atoms with van der Waals surface area (Å²) in [5.41, 5.74) is 0. The van der Waals surface area contributed by atoms with Gasteiger partial charge in [-0.25, -0.2) is 0 Å². The third-order valence-corrected chi connectivity index (χ3v) is 1.65. The van der Waals surface area contributed by atoms with Gasteiger partial charge in [0, 0.05) is 6.54 Å². The van der Waals surface area contributed by atoms with Crippen LogP contribution in [0.25, 0.3) is 0 Å². The average molecular weight is 139 g/mol. The molecule has 0 saturated carbocycles. The summed E-state index contributed by atoms with van der Waals surface area (Å²) in [7, 11) is 0. The number of terminal acetylenes is 1. The molecule has 0 aliphatic carbocycles. The molecule has 1 saturated heterocycles. The van der Waals surface area contributed by atoms with Gasteiger partial charge in [-0.2, -0.15) is 0 Å². The van der Waals surface area contributed by atoms with E-state index in [1.807, 2.05) is 0 Å². The first-order chi connectivity index (χ1) is 4.93. The van der Waals surface area contributed by atoms with Crippen molar-refractivity contribution in [2.75, 3.05) is 19.7 Å². The van der Waals surface area contributed by atoms with E-state index in [2.05, 4.69) is 11.2 Å². The van der Waals surface area contributed by atoms with Gasteiger partial charge in [0.05, 0.1) is 6.10 Å². The highest BCUT2D eigenvalue weighted by Gasteiger charge is 2.11. The zero-order chi connectivity index (χ0) is 7.23. The Bertz CT molecular complexity index is 122. The second kappa shape index (κ2) is 4.32. The topological polar surface area (TPSA) is 21.3 Å². The Morgan fingerprint density at radius 2 is 2.60 bits per heavy atom. The van der Waals surface area contributed by atoms with Crippen molar-refractivity contribution in [1.82, 2.24) is 5.32 Å². The molecule has 10 heavy (non-hydrogen) atoms. The van der Waals surface area contributed by atoms with Crippen LogP contribution in [0.15, 0.2) is 0 Å². The predicted molar refractivity (Wildman–Crippen MR) is 40.7 cm³/mol. The molecule has 1 rings (SSSR count). The van der Waals surface area contributed by atoms with Crippen molar-refractivity contribution < 1.29 is 4.74 Å². The normalized spacial score (nSPS) is 25.7. The monoisotopic (exact) mass is 139 g/mol. The number of hydrogen-bond donors (Lipinski definition) is 1. The van der Waals surface area contributed by atoms with Crippen LogP contribution in [0.1, 0.15) is 12.8 Å². The summed E-state index contributed by atoms with van der Waals surface area (Å²) in [6.45, 7) is 2.53. The van der Waals surface area contributed by atoms with Crippen molar-refractivity contribution in [2.24, 2.45) is 0 Å². The Hall–Kier alpha value is -0.520. The Morgan fingerprint density at radius 3 is 3.20 bits per heavy atom. The fourth-order valence-electron chi connectivity index (χ4n) is 1.13. The van der Waals surface area contributed by atoms with Crippen molar-refractivity contribution in [1.29, 1.82) is 0 Å². The van der Waals surface area contributed by atoms with Gasteiger partial charge in [0.1, 0.15) is 6.61 Å². The molecular weight excluding hydrogens is 126 g/mol. The molecule has 1 heterocycles. The summed E-state index contributed by atoms with van der Waals surface area (Å²) < 4.78 is 5.33. The minimum absolute atomic E-state index is 0.352. The van der Waals surface area contributed by atoms with Crippen LogP contribution in [-0.2, 0) is 4.74 Å². The predicted octanol–water partition coefficient (Wildman–Crippen LogP) is 0.388. The lowest BCUT2D eigenvalue weighted by Gasteiger charge is -2.21. The van der Waals surface area contributed by atoms with E-state index in [9.17, 15) is 0 Å². The fraction of sp³-hybridized carbons (Fsp3) is 0.750. The van der Waals surface area contributed by atoms with Crippen molar-refractivity contribution in [3.8, 4) is 12.3 Å². The minimum Gasteiger partial charge on any atom is -0.364 e. The quantitative estimate of drug-likeness (QED) is 0.559. The average Bonchev–Trinajstić information content (AvgIpc) is 2.03. The van der Waals surface area contributed by atoms with Crippen LogP contribution in [0, 0.1) is 12.3 Å². The van der Waals surface area contributed by atoms with Gasteiger partial charge in [0.15, 0.2) is 0 Å². The number of hydrogen-bond acceptors (Lipinski definition) is 2. The molecule has 2 nitrogen and oxygen atoms in total. The summed E-state index contributed by atoms with van der Waals surface area (Å²) in [5.74, 6) is 2.46. The van der Waals surface area contributed by atoms with Gasteiger partial charge >= 0.3 is 0 Å². The molecule has 0 aromatic rings. The summed E-state index contributed by atoms with van der Waals surface area (Å²) in [5, 5.41) is 3.25. The van der Waals surface area contributed by atoms with Crippen LogP contribution in [0.4, 0.5) is 0 Å². The third kappa shape index (κ3) is 2.38. The van der Waals surface area contributed by atoms with Crippen LogP contribution in [-0.4, -0.2) is 25.8 Å². The Kier molecular flexibility index (Phi) is 3.28. The van der Waals surface area contributed by atoms with Gasteiger partial charge in [-0.1, -0.05) is 5.92 Å². The standard InChI is InChI=1S/C8H13NO/c1-2-6-10-8-4-3-5-9-7-8/h1,8-9H,3-7H2. The highest BCUT2D eigenvalue weighted by molar-refractivity contribution is 4.84. The van der Waals surface area contributed by atoms with E-state index in [0.29, 0.717) is 12.7 Å². The molecule has 0 aromatic carbocycles. The SMILES string of the molecule is C#CCOC1CCCNC1. The van der Waals surface area contributed by atoms with Crippen LogP contribution < -0.4 is 5.32 Å². The van der Waals surface area contributed by atoms with E-state index in [0.717, 1.165) is 19.5 Å². The van der Waals surface area contributed by atoms with Gasteiger partial charge in [0.25, 0.3) is 0 Å². The number of ether oxygens (including phenoxy) is 1. The lowest BCUT2D eigenvalue weighted by Crippen LogP contribution is -2.35. The van der Waals surface area contributed by atoms with E-state index in [4.69, 9.17) is 11.2 Å². The molecule has 0 spiro atoms. The smallest absolute Gasteiger partial charge is 0.107 e. The fourth-order valence-corrected chi connectivity index (χ4v) is 1.13. The molecule has 1 aliphatic rings. The number of piperidine rings is 1. The highest BCUT2D eigenvalue weighted by Crippen LogP contribution is 2.04. The van der Waals surface area contributed by atoms with Gasteiger partial charge in [-0.3, -0.25) is 0 Å². The number of nitrogens with one attached hydrogen (secondary N) is 1. The first-order valence-electron chi connectivity index (χ1n) is 3.69. The maximum atomic E-state index is 5.33. The summed E-state index contributed by atoms with van der Waals surface area (Å²) >= 11 is 0. The Balaban J connectivity index is 2.09. The van der Waals surface area contributed by atoms with Crippen molar-refractivity contribution >= 4 is 0 Å². The maximum absolute atomic E-state index is 5.33. The van der Waals surface area contributed by atoms with E-state index in [1.165, 1.54) is 6.42 Å². The molecule has 1 N–H and O–H groups in total. The lowest BCUT2D eigenvalue weighted by molar-refractivity contribution is 0.0591. The zero-order valence-corrected chi connectivity index (χ0v) is 6.10. The van der Waals surface area contributed by atoms with Gasteiger partial charge < -0.3 is 10.1 Å². The largest absolute Gasteiger partial charge is 0.364 e. The van der Waals surface area contributed by atoms with Crippen LogP contribution in [0.3, 0.4) is 0 Å². The van der Waals surface area contributed by atoms with E-state index >= 15 is 0 Å². The summed E-state index contributed by atoms with van der Waals surface area (Å²) in [6.07, 6.45) is 7.75. The minimum atomic E-state index is 0.352. The molecular formula is C8H13NO. The van der Waals surface area contributed by atoms with Gasteiger partial charge in [-0.05, 0) is 19.4 Å². The van der Waals surface area contributed by atoms with E-state index in [-0.39, 0.29) is 0 Å². The molecule has 0 bridgehead atoms. The zero-order valence-electron chi connectivity index (χ0n) is 6.10. The second-order valence-electron chi connectivity index (χ2n) is 2.48. The first-order valence-corrected chi connectivity index (χ1v) is 3.69. The van der Waals surface area contributed by atoms with Gasteiger partial charge in [0.2, 0.25) is 0 Å². The second-order valence-corrected chi connectivity index (χ2v) is 2.48. The summed E-state index contributed by atoms with van der Waals surface area (Å²) in [4.78, 5) is 0. The molecule has 1 unspecified atom stereocenters. The molecule has 0 aromatic heterocycles. The molecule has 1 atom stereocenters. The molecule has 2 heteroatoms. The molecule has 0 amide bonds. The highest BCUT2D eigenvalue weighted by atomic mass is 16.5. The van der Waals surface area contributed by atoms with Crippen molar-refractivity contribution in [3.63, 3.8) is 0 Å².